The van der Waals surface area contributed by atoms with Gasteiger partial charge in [-0.05, 0) is 18.2 Å². The predicted octanol–water partition coefficient (Wildman–Crippen LogP) is 2.45. The summed E-state index contributed by atoms with van der Waals surface area (Å²) in [6, 6.07) is 4.38. The molecular formula is C9H7ClFN3. The van der Waals surface area contributed by atoms with Crippen molar-refractivity contribution < 1.29 is 4.39 Å². The first-order valence-electron chi connectivity index (χ1n) is 3.93. The number of anilines is 1. The van der Waals surface area contributed by atoms with Gasteiger partial charge in [-0.1, -0.05) is 11.6 Å². The van der Waals surface area contributed by atoms with Crippen LogP contribution in [-0.2, 0) is 0 Å². The average molecular weight is 212 g/mol. The summed E-state index contributed by atoms with van der Waals surface area (Å²) in [6.45, 7) is 0. The van der Waals surface area contributed by atoms with Gasteiger partial charge in [-0.25, -0.2) is 4.39 Å². The summed E-state index contributed by atoms with van der Waals surface area (Å²) in [6.07, 6.45) is 1.49. The maximum absolute atomic E-state index is 12.9. The van der Waals surface area contributed by atoms with E-state index in [9.17, 15) is 4.39 Å². The normalized spacial score (nSPS) is 10.4. The molecule has 1 aromatic carbocycles. The molecule has 72 valence electrons. The third-order valence-corrected chi connectivity index (χ3v) is 2.17. The minimum absolute atomic E-state index is 0.0662. The molecule has 0 fully saturated rings. The van der Waals surface area contributed by atoms with Gasteiger partial charge in [0.15, 0.2) is 0 Å². The number of nitrogens with one attached hydrogen (secondary N) is 1. The molecule has 3 nitrogen and oxygen atoms in total. The summed E-state index contributed by atoms with van der Waals surface area (Å²) in [4.78, 5) is 0. The van der Waals surface area contributed by atoms with Crippen LogP contribution in [-0.4, -0.2) is 10.2 Å². The number of hydrogen-bond donors (Lipinski definition) is 2. The minimum Gasteiger partial charge on any atom is -0.396 e. The monoisotopic (exact) mass is 211 g/mol. The average Bonchev–Trinajstić information content (AvgIpc) is 2.57. The number of aromatic amines is 1. The first-order valence-corrected chi connectivity index (χ1v) is 4.30. The summed E-state index contributed by atoms with van der Waals surface area (Å²) in [5, 5.41) is 6.54. The molecule has 0 spiro atoms. The third-order valence-electron chi connectivity index (χ3n) is 1.88. The molecule has 2 rings (SSSR count). The van der Waals surface area contributed by atoms with Gasteiger partial charge in [0.2, 0.25) is 0 Å². The van der Waals surface area contributed by atoms with E-state index in [-0.39, 0.29) is 5.02 Å². The maximum Gasteiger partial charge on any atom is 0.141 e. The Morgan fingerprint density at radius 3 is 2.79 bits per heavy atom. The summed E-state index contributed by atoms with van der Waals surface area (Å²) in [7, 11) is 0. The number of halogens is 2. The lowest BCUT2D eigenvalue weighted by molar-refractivity contribution is 0.628. The zero-order valence-electron chi connectivity index (χ0n) is 7.09. The van der Waals surface area contributed by atoms with Gasteiger partial charge in [-0.2, -0.15) is 5.10 Å². The van der Waals surface area contributed by atoms with Gasteiger partial charge in [0.05, 0.1) is 22.6 Å². The molecule has 1 aromatic heterocycles. The van der Waals surface area contributed by atoms with Crippen LogP contribution in [0, 0.1) is 5.82 Å². The van der Waals surface area contributed by atoms with Crippen LogP contribution in [0.3, 0.4) is 0 Å². The molecule has 0 aliphatic carbocycles. The van der Waals surface area contributed by atoms with E-state index in [1.54, 1.807) is 6.07 Å². The van der Waals surface area contributed by atoms with Crippen molar-refractivity contribution in [2.75, 3.05) is 5.73 Å². The molecule has 0 saturated heterocycles. The summed E-state index contributed by atoms with van der Waals surface area (Å²) < 4.78 is 12.9. The van der Waals surface area contributed by atoms with Crippen molar-refractivity contribution in [2.24, 2.45) is 0 Å². The zero-order chi connectivity index (χ0) is 10.1. The van der Waals surface area contributed by atoms with Gasteiger partial charge in [-0.15, -0.1) is 0 Å². The number of nitrogens with zero attached hydrogens (tertiary/aromatic N) is 1. The molecule has 0 atom stereocenters. The first-order chi connectivity index (χ1) is 6.68. The predicted molar refractivity (Wildman–Crippen MR) is 53.4 cm³/mol. The number of H-pyrrole nitrogens is 1. The minimum atomic E-state index is -0.450. The fraction of sp³-hybridized carbons (Fsp3) is 0. The number of aromatic nitrogens is 2. The SMILES string of the molecule is Nc1cn[nH]c1-c1ccc(F)c(Cl)c1. The molecule has 0 unspecified atom stereocenters. The van der Waals surface area contributed by atoms with Crippen LogP contribution < -0.4 is 5.73 Å². The van der Waals surface area contributed by atoms with Crippen molar-refractivity contribution in [1.82, 2.24) is 10.2 Å². The lowest BCUT2D eigenvalue weighted by Crippen LogP contribution is -1.87. The summed E-state index contributed by atoms with van der Waals surface area (Å²) in [5.41, 5.74) is 7.50. The summed E-state index contributed by atoms with van der Waals surface area (Å²) >= 11 is 5.63. The van der Waals surface area contributed by atoms with E-state index in [1.807, 2.05) is 0 Å². The molecule has 0 saturated carbocycles. The van der Waals surface area contributed by atoms with Gasteiger partial charge >= 0.3 is 0 Å². The molecule has 1 heterocycles. The largest absolute Gasteiger partial charge is 0.396 e. The Hall–Kier alpha value is -1.55. The van der Waals surface area contributed by atoms with Crippen LogP contribution in [0.1, 0.15) is 0 Å². The Balaban J connectivity index is 2.53. The van der Waals surface area contributed by atoms with Gasteiger partial charge in [0.1, 0.15) is 5.82 Å². The quantitative estimate of drug-likeness (QED) is 0.761. The highest BCUT2D eigenvalue weighted by atomic mass is 35.5. The molecule has 0 amide bonds. The highest BCUT2D eigenvalue weighted by Gasteiger charge is 2.07. The van der Waals surface area contributed by atoms with Crippen molar-refractivity contribution in [2.45, 2.75) is 0 Å². The van der Waals surface area contributed by atoms with E-state index in [0.717, 1.165) is 0 Å². The molecule has 0 aliphatic heterocycles. The Morgan fingerprint density at radius 1 is 1.43 bits per heavy atom. The Labute approximate surface area is 84.7 Å². The summed E-state index contributed by atoms with van der Waals surface area (Å²) in [5.74, 6) is -0.450. The van der Waals surface area contributed by atoms with E-state index in [4.69, 9.17) is 17.3 Å². The molecule has 3 N–H and O–H groups in total. The number of nitrogens with two attached hydrogens (primary N) is 1. The lowest BCUT2D eigenvalue weighted by atomic mass is 10.1. The topological polar surface area (TPSA) is 54.7 Å². The number of nitrogen functional groups attached to an aromatic ring is 1. The Kier molecular flexibility index (Phi) is 2.13. The highest BCUT2D eigenvalue weighted by Crippen LogP contribution is 2.26. The smallest absolute Gasteiger partial charge is 0.141 e. The first kappa shape index (κ1) is 9.02. The second-order valence-electron chi connectivity index (χ2n) is 2.83. The third kappa shape index (κ3) is 1.44. The number of rotatable bonds is 1. The zero-order valence-corrected chi connectivity index (χ0v) is 7.85. The Bertz CT molecular complexity index is 467. The van der Waals surface area contributed by atoms with Crippen molar-refractivity contribution in [3.8, 4) is 11.3 Å². The van der Waals surface area contributed by atoms with Gasteiger partial charge in [-0.3, -0.25) is 5.10 Å². The van der Waals surface area contributed by atoms with Gasteiger partial charge < -0.3 is 5.73 Å². The molecule has 0 radical (unpaired) electrons. The fourth-order valence-electron chi connectivity index (χ4n) is 1.18. The molecule has 2 aromatic rings. The van der Waals surface area contributed by atoms with E-state index < -0.39 is 5.82 Å². The lowest BCUT2D eigenvalue weighted by Gasteiger charge is -2.00. The van der Waals surface area contributed by atoms with Crippen LogP contribution in [0.2, 0.25) is 5.02 Å². The second kappa shape index (κ2) is 3.31. The molecule has 14 heavy (non-hydrogen) atoms. The maximum atomic E-state index is 12.9. The molecular weight excluding hydrogens is 205 g/mol. The van der Waals surface area contributed by atoms with Gasteiger partial charge in [0, 0.05) is 5.56 Å². The van der Waals surface area contributed by atoms with E-state index in [2.05, 4.69) is 10.2 Å². The fourth-order valence-corrected chi connectivity index (χ4v) is 1.36. The molecule has 5 heteroatoms. The van der Waals surface area contributed by atoms with E-state index in [0.29, 0.717) is 16.9 Å². The van der Waals surface area contributed by atoms with Crippen LogP contribution in [0.5, 0.6) is 0 Å². The van der Waals surface area contributed by atoms with Crippen molar-refractivity contribution >= 4 is 17.3 Å². The number of benzene rings is 1. The van der Waals surface area contributed by atoms with Crippen molar-refractivity contribution in [3.05, 3.63) is 35.2 Å². The van der Waals surface area contributed by atoms with E-state index in [1.165, 1.54) is 18.3 Å². The van der Waals surface area contributed by atoms with Crippen LogP contribution in [0.15, 0.2) is 24.4 Å². The second-order valence-corrected chi connectivity index (χ2v) is 3.24. The number of hydrogen-bond acceptors (Lipinski definition) is 2. The van der Waals surface area contributed by atoms with Gasteiger partial charge in [0.25, 0.3) is 0 Å². The van der Waals surface area contributed by atoms with Crippen LogP contribution in [0.25, 0.3) is 11.3 Å². The van der Waals surface area contributed by atoms with Crippen molar-refractivity contribution in [3.63, 3.8) is 0 Å². The van der Waals surface area contributed by atoms with Crippen molar-refractivity contribution in [1.29, 1.82) is 0 Å². The van der Waals surface area contributed by atoms with Crippen LogP contribution >= 0.6 is 11.6 Å². The standard InChI is InChI=1S/C9H7ClFN3/c10-6-3-5(1-2-7(6)11)9-8(12)4-13-14-9/h1-4H,12H2,(H,13,14). The van der Waals surface area contributed by atoms with E-state index >= 15 is 0 Å². The molecule has 0 bridgehead atoms. The highest BCUT2D eigenvalue weighted by molar-refractivity contribution is 6.31. The Morgan fingerprint density at radius 2 is 2.21 bits per heavy atom. The molecule has 0 aliphatic rings. The van der Waals surface area contributed by atoms with Crippen LogP contribution in [0.4, 0.5) is 10.1 Å².